The number of anilines is 2. The molecule has 1 aliphatic heterocycles. The fourth-order valence-corrected chi connectivity index (χ4v) is 4.70. The highest BCUT2D eigenvalue weighted by Gasteiger charge is 2.30. The van der Waals surface area contributed by atoms with Crippen molar-refractivity contribution in [3.8, 4) is 12.3 Å². The molecule has 2 aromatic carbocycles. The summed E-state index contributed by atoms with van der Waals surface area (Å²) in [5, 5.41) is 18.0. The van der Waals surface area contributed by atoms with Crippen LogP contribution in [0.3, 0.4) is 0 Å². The first-order valence-electron chi connectivity index (χ1n) is 10.6. The lowest BCUT2D eigenvalue weighted by molar-refractivity contribution is 0.102. The van der Waals surface area contributed by atoms with Gasteiger partial charge in [-0.15, -0.1) is 17.8 Å². The van der Waals surface area contributed by atoms with Crippen molar-refractivity contribution in [2.45, 2.75) is 18.4 Å². The van der Waals surface area contributed by atoms with Gasteiger partial charge in [0.25, 0.3) is 5.91 Å². The lowest BCUT2D eigenvalue weighted by Crippen LogP contribution is -2.53. The molecular formula is C25H25FN4O2S. The first-order chi connectivity index (χ1) is 15.9. The second-order valence-corrected chi connectivity index (χ2v) is 8.91. The molecule has 3 N–H and O–H groups in total. The normalized spacial score (nSPS) is 17.8. The third kappa shape index (κ3) is 4.76. The lowest BCUT2D eigenvalue weighted by atomic mass is 9.81. The molecule has 1 aromatic heterocycles. The Morgan fingerprint density at radius 1 is 1.33 bits per heavy atom. The maximum atomic E-state index is 13.3. The van der Waals surface area contributed by atoms with Crippen LogP contribution in [0.15, 0.2) is 53.9 Å². The van der Waals surface area contributed by atoms with Gasteiger partial charge < -0.3 is 15.3 Å². The van der Waals surface area contributed by atoms with E-state index in [0.717, 1.165) is 30.9 Å². The molecular weight excluding hydrogens is 439 g/mol. The van der Waals surface area contributed by atoms with Crippen LogP contribution in [-0.4, -0.2) is 48.3 Å². The summed E-state index contributed by atoms with van der Waals surface area (Å²) in [6.07, 6.45) is 5.82. The number of aliphatic hydroxyl groups is 1. The Balaban J connectivity index is 1.47. The number of amides is 1. The molecule has 2 heterocycles. The van der Waals surface area contributed by atoms with Gasteiger partial charge in [-0.3, -0.25) is 10.1 Å². The molecule has 1 amide bonds. The Kier molecular flexibility index (Phi) is 6.75. The number of terminal acetylenes is 1. The number of rotatable bonds is 6. The summed E-state index contributed by atoms with van der Waals surface area (Å²) < 4.78 is 13.3. The average molecular weight is 465 g/mol. The molecule has 1 fully saturated rings. The molecule has 1 aliphatic rings. The van der Waals surface area contributed by atoms with Gasteiger partial charge in [0.2, 0.25) is 0 Å². The Hall–Kier alpha value is -3.25. The SMILES string of the molecule is C#C[C@](C)(c1ccc(F)cc1)c1csc(NC(=O)c2ccc(N3CCNCC3CO)cc2)n1. The van der Waals surface area contributed by atoms with E-state index < -0.39 is 5.41 Å². The zero-order valence-electron chi connectivity index (χ0n) is 18.2. The summed E-state index contributed by atoms with van der Waals surface area (Å²) in [5.41, 5.74) is 1.99. The maximum Gasteiger partial charge on any atom is 0.257 e. The number of thiazole rings is 1. The largest absolute Gasteiger partial charge is 0.394 e. The van der Waals surface area contributed by atoms with Crippen LogP contribution in [0.1, 0.15) is 28.5 Å². The Morgan fingerprint density at radius 3 is 2.73 bits per heavy atom. The summed E-state index contributed by atoms with van der Waals surface area (Å²) in [4.78, 5) is 19.4. The minimum absolute atomic E-state index is 0.0127. The summed E-state index contributed by atoms with van der Waals surface area (Å²) in [6, 6.07) is 13.3. The number of nitrogens with one attached hydrogen (secondary N) is 2. The number of aromatic nitrogens is 1. The Morgan fingerprint density at radius 2 is 2.06 bits per heavy atom. The highest BCUT2D eigenvalue weighted by molar-refractivity contribution is 7.14. The molecule has 3 aromatic rings. The van der Waals surface area contributed by atoms with Gasteiger partial charge in [-0.1, -0.05) is 18.1 Å². The van der Waals surface area contributed by atoms with Crippen molar-refractivity contribution in [1.29, 1.82) is 0 Å². The quantitative estimate of drug-likeness (QED) is 0.488. The Labute approximate surface area is 196 Å². The van der Waals surface area contributed by atoms with Crippen molar-refractivity contribution in [2.24, 2.45) is 0 Å². The van der Waals surface area contributed by atoms with Crippen LogP contribution in [0.4, 0.5) is 15.2 Å². The van der Waals surface area contributed by atoms with Gasteiger partial charge in [-0.25, -0.2) is 9.37 Å². The minimum atomic E-state index is -0.846. The number of carbonyl (C=O) groups is 1. The van der Waals surface area contributed by atoms with E-state index in [0.29, 0.717) is 16.4 Å². The predicted molar refractivity (Wildman–Crippen MR) is 129 cm³/mol. The van der Waals surface area contributed by atoms with E-state index in [1.54, 1.807) is 29.6 Å². The lowest BCUT2D eigenvalue weighted by Gasteiger charge is -2.37. The first-order valence-corrected chi connectivity index (χ1v) is 11.5. The topological polar surface area (TPSA) is 77.5 Å². The van der Waals surface area contributed by atoms with Crippen LogP contribution < -0.4 is 15.5 Å². The predicted octanol–water partition coefficient (Wildman–Crippen LogP) is 3.24. The third-order valence-corrected chi connectivity index (χ3v) is 6.73. The molecule has 1 unspecified atom stereocenters. The zero-order chi connectivity index (χ0) is 23.4. The number of piperazine rings is 1. The number of hydrogen-bond acceptors (Lipinski definition) is 6. The average Bonchev–Trinajstić information content (AvgIpc) is 3.33. The number of nitrogens with zero attached hydrogens (tertiary/aromatic N) is 2. The zero-order valence-corrected chi connectivity index (χ0v) is 19.0. The van der Waals surface area contributed by atoms with Crippen molar-refractivity contribution in [2.75, 3.05) is 36.5 Å². The molecule has 0 radical (unpaired) electrons. The van der Waals surface area contributed by atoms with Gasteiger partial charge in [0, 0.05) is 36.3 Å². The van der Waals surface area contributed by atoms with Crippen molar-refractivity contribution in [1.82, 2.24) is 10.3 Å². The van der Waals surface area contributed by atoms with Crippen LogP contribution in [0, 0.1) is 18.2 Å². The van der Waals surface area contributed by atoms with Crippen molar-refractivity contribution in [3.63, 3.8) is 0 Å². The van der Waals surface area contributed by atoms with Crippen LogP contribution in [0.25, 0.3) is 0 Å². The Bertz CT molecular complexity index is 1160. The molecule has 0 saturated carbocycles. The van der Waals surface area contributed by atoms with Gasteiger partial charge in [0.15, 0.2) is 5.13 Å². The number of hydrogen-bond donors (Lipinski definition) is 3. The summed E-state index contributed by atoms with van der Waals surface area (Å²) >= 11 is 1.29. The summed E-state index contributed by atoms with van der Waals surface area (Å²) in [6.45, 7) is 4.27. The third-order valence-electron chi connectivity index (χ3n) is 5.97. The van der Waals surface area contributed by atoms with Gasteiger partial charge in [0.1, 0.15) is 5.82 Å². The fourth-order valence-electron chi connectivity index (χ4n) is 3.89. The molecule has 6 nitrogen and oxygen atoms in total. The van der Waals surface area contributed by atoms with Gasteiger partial charge in [-0.2, -0.15) is 0 Å². The molecule has 0 aliphatic carbocycles. The van der Waals surface area contributed by atoms with Crippen molar-refractivity contribution in [3.05, 3.63) is 76.5 Å². The van der Waals surface area contributed by atoms with Crippen LogP contribution in [-0.2, 0) is 5.41 Å². The monoisotopic (exact) mass is 464 g/mol. The number of benzene rings is 2. The second kappa shape index (κ2) is 9.71. The standard InChI is InChI=1S/C25H25FN4O2S/c1-3-25(2,18-6-8-19(26)9-7-18)22-16-33-24(28-22)29-23(32)17-4-10-20(11-5-17)30-13-12-27-14-21(30)15-31/h1,4-11,16,21,27,31H,12-15H2,2H3,(H,28,29,32)/t21?,25-/m1/s1. The van der Waals surface area contributed by atoms with Gasteiger partial charge in [0.05, 0.1) is 23.8 Å². The molecule has 0 bridgehead atoms. The van der Waals surface area contributed by atoms with Crippen LogP contribution in [0.5, 0.6) is 0 Å². The molecule has 0 spiro atoms. The van der Waals surface area contributed by atoms with E-state index in [-0.39, 0.29) is 24.4 Å². The van der Waals surface area contributed by atoms with Gasteiger partial charge >= 0.3 is 0 Å². The highest BCUT2D eigenvalue weighted by Crippen LogP contribution is 2.33. The fraction of sp³-hybridized carbons (Fsp3) is 0.280. The molecule has 170 valence electrons. The summed E-state index contributed by atoms with van der Waals surface area (Å²) in [5.74, 6) is 2.15. The number of halogens is 1. The van der Waals surface area contributed by atoms with E-state index in [2.05, 4.69) is 26.4 Å². The second-order valence-electron chi connectivity index (χ2n) is 8.05. The van der Waals surface area contributed by atoms with E-state index >= 15 is 0 Å². The van der Waals surface area contributed by atoms with E-state index in [9.17, 15) is 14.3 Å². The van der Waals surface area contributed by atoms with E-state index in [1.165, 1.54) is 23.5 Å². The molecule has 2 atom stereocenters. The molecule has 8 heteroatoms. The smallest absolute Gasteiger partial charge is 0.257 e. The van der Waals surface area contributed by atoms with Crippen LogP contribution >= 0.6 is 11.3 Å². The molecule has 4 rings (SSSR count). The van der Waals surface area contributed by atoms with Crippen molar-refractivity contribution < 1.29 is 14.3 Å². The number of aliphatic hydroxyl groups excluding tert-OH is 1. The first kappa shape index (κ1) is 22.9. The molecule has 33 heavy (non-hydrogen) atoms. The minimum Gasteiger partial charge on any atom is -0.394 e. The van der Waals surface area contributed by atoms with Crippen LogP contribution in [0.2, 0.25) is 0 Å². The number of carbonyl (C=O) groups excluding carboxylic acids is 1. The van der Waals surface area contributed by atoms with E-state index in [1.807, 2.05) is 19.1 Å². The van der Waals surface area contributed by atoms with E-state index in [4.69, 9.17) is 6.42 Å². The highest BCUT2D eigenvalue weighted by atomic mass is 32.1. The summed E-state index contributed by atoms with van der Waals surface area (Å²) in [7, 11) is 0. The molecule has 1 saturated heterocycles. The van der Waals surface area contributed by atoms with Gasteiger partial charge in [-0.05, 0) is 48.9 Å². The maximum absolute atomic E-state index is 13.3. The van der Waals surface area contributed by atoms with Crippen molar-refractivity contribution >= 4 is 28.1 Å².